The van der Waals surface area contributed by atoms with Gasteiger partial charge in [0.15, 0.2) is 0 Å². The third kappa shape index (κ3) is 3.49. The molecule has 0 atom stereocenters. The molecule has 144 valence electrons. The Kier molecular flexibility index (Phi) is 4.08. The molecule has 2 saturated heterocycles. The number of alkyl carbamates (subject to hydrolysis) is 1. The fraction of sp³-hybridized carbons (Fsp3) is 0.438. The van der Waals surface area contributed by atoms with Crippen LogP contribution in [0.3, 0.4) is 0 Å². The minimum absolute atomic E-state index is 0.272. The number of rotatable bonds is 2. The van der Waals surface area contributed by atoms with Crippen molar-refractivity contribution >= 4 is 12.1 Å². The molecule has 3 aliphatic rings. The van der Waals surface area contributed by atoms with Gasteiger partial charge in [-0.15, -0.1) is 0 Å². The molecular weight excluding hydrogens is 367 g/mol. The number of carbonyl (C=O) groups is 1. The van der Waals surface area contributed by atoms with E-state index in [2.05, 4.69) is 20.4 Å². The second kappa shape index (κ2) is 6.32. The molecule has 0 saturated carbocycles. The molecule has 3 aliphatic heterocycles. The van der Waals surface area contributed by atoms with Gasteiger partial charge in [-0.25, -0.2) is 4.79 Å². The first-order valence-corrected chi connectivity index (χ1v) is 8.32. The number of piperidine rings is 1. The minimum atomic E-state index is -4.66. The summed E-state index contributed by atoms with van der Waals surface area (Å²) < 4.78 is 47.9. The smallest absolute Gasteiger partial charge is 0.441 e. The van der Waals surface area contributed by atoms with E-state index >= 15 is 0 Å². The van der Waals surface area contributed by atoms with Gasteiger partial charge in [-0.05, 0) is 23.4 Å². The zero-order valence-electron chi connectivity index (χ0n) is 14.1. The maximum atomic E-state index is 12.6. The van der Waals surface area contributed by atoms with Crippen LogP contribution in [-0.4, -0.2) is 46.4 Å². The molecule has 4 heterocycles. The van der Waals surface area contributed by atoms with Crippen molar-refractivity contribution in [2.75, 3.05) is 24.5 Å². The predicted molar refractivity (Wildman–Crippen MR) is 86.2 cm³/mol. The molecule has 11 heteroatoms. The molecule has 0 bridgehead atoms. The van der Waals surface area contributed by atoms with Gasteiger partial charge in [0, 0.05) is 44.0 Å². The van der Waals surface area contributed by atoms with Crippen LogP contribution in [0.4, 0.5) is 24.0 Å². The molecule has 1 aromatic rings. The fourth-order valence-electron chi connectivity index (χ4n) is 3.22. The fourth-order valence-corrected chi connectivity index (χ4v) is 3.22. The van der Waals surface area contributed by atoms with Crippen LogP contribution in [0.15, 0.2) is 40.8 Å². The van der Waals surface area contributed by atoms with Crippen molar-refractivity contribution in [3.63, 3.8) is 0 Å². The monoisotopic (exact) mass is 383 g/mol. The second-order valence-electron chi connectivity index (χ2n) is 6.47. The molecule has 1 N–H and O–H groups in total. The highest BCUT2D eigenvalue weighted by Gasteiger charge is 2.43. The Morgan fingerprint density at radius 3 is 2.63 bits per heavy atom. The van der Waals surface area contributed by atoms with E-state index in [1.807, 2.05) is 6.08 Å². The largest absolute Gasteiger partial charge is 0.455 e. The van der Waals surface area contributed by atoms with Gasteiger partial charge in [-0.2, -0.15) is 18.2 Å². The van der Waals surface area contributed by atoms with Crippen LogP contribution < -0.4 is 10.2 Å². The van der Waals surface area contributed by atoms with Crippen LogP contribution in [-0.2, 0) is 10.9 Å². The van der Waals surface area contributed by atoms with Crippen LogP contribution in [0.1, 0.15) is 18.7 Å². The summed E-state index contributed by atoms with van der Waals surface area (Å²) in [6, 6.07) is -0.272. The summed E-state index contributed by atoms with van der Waals surface area (Å²) in [5.41, 5.74) is 0.443. The van der Waals surface area contributed by atoms with E-state index in [4.69, 9.17) is 9.26 Å². The number of amides is 1. The van der Waals surface area contributed by atoms with Crippen molar-refractivity contribution in [2.24, 2.45) is 0 Å². The average molecular weight is 383 g/mol. The number of allylic oxidation sites excluding steroid dienone is 3. The summed E-state index contributed by atoms with van der Waals surface area (Å²) in [4.78, 5) is 18.1. The lowest BCUT2D eigenvalue weighted by atomic mass is 9.91. The molecular formula is C16H16F3N5O3. The SMILES string of the molecule is O=C1NCC2(CCN(C3=CC=CN(c4nc(C(F)(F)F)no4)C=C3)CC2)O1. The molecule has 27 heavy (non-hydrogen) atoms. The number of alkyl halides is 3. The van der Waals surface area contributed by atoms with Gasteiger partial charge >= 0.3 is 18.3 Å². The molecule has 2 fully saturated rings. The second-order valence-corrected chi connectivity index (χ2v) is 6.47. The number of nitrogens with zero attached hydrogens (tertiary/aromatic N) is 4. The summed E-state index contributed by atoms with van der Waals surface area (Å²) >= 11 is 0. The molecule has 1 aromatic heterocycles. The quantitative estimate of drug-likeness (QED) is 0.840. The van der Waals surface area contributed by atoms with Gasteiger partial charge in [0.1, 0.15) is 5.60 Å². The Morgan fingerprint density at radius 2 is 2.00 bits per heavy atom. The highest BCUT2D eigenvalue weighted by Crippen LogP contribution is 2.32. The lowest BCUT2D eigenvalue weighted by Gasteiger charge is -2.38. The Morgan fingerprint density at radius 1 is 1.22 bits per heavy atom. The van der Waals surface area contributed by atoms with Crippen molar-refractivity contribution in [1.29, 1.82) is 0 Å². The van der Waals surface area contributed by atoms with Gasteiger partial charge in [0.05, 0.1) is 6.54 Å². The third-order valence-corrected chi connectivity index (χ3v) is 4.71. The summed E-state index contributed by atoms with van der Waals surface area (Å²) in [6.07, 6.45) is 4.74. The van der Waals surface area contributed by atoms with Crippen LogP contribution >= 0.6 is 0 Å². The number of nitrogens with one attached hydrogen (secondary N) is 1. The Bertz CT molecular complexity index is 822. The molecule has 8 nitrogen and oxygen atoms in total. The van der Waals surface area contributed by atoms with E-state index in [0.29, 0.717) is 32.5 Å². The van der Waals surface area contributed by atoms with Gasteiger partial charge < -0.3 is 19.5 Å². The van der Waals surface area contributed by atoms with Gasteiger partial charge in [0.2, 0.25) is 0 Å². The van der Waals surface area contributed by atoms with Crippen molar-refractivity contribution in [1.82, 2.24) is 20.4 Å². The number of anilines is 1. The first kappa shape index (κ1) is 17.4. The van der Waals surface area contributed by atoms with Gasteiger partial charge in [0.25, 0.3) is 5.82 Å². The normalized spacial score (nSPS) is 21.9. The number of hydrogen-bond donors (Lipinski definition) is 1. The number of carbonyl (C=O) groups excluding carboxylic acids is 1. The summed E-state index contributed by atoms with van der Waals surface area (Å²) in [5, 5.41) is 5.65. The Hall–Kier alpha value is -2.98. The van der Waals surface area contributed by atoms with E-state index < -0.39 is 17.6 Å². The van der Waals surface area contributed by atoms with Crippen LogP contribution in [0, 0.1) is 0 Å². The average Bonchev–Trinajstić information content (AvgIpc) is 3.17. The molecule has 4 rings (SSSR count). The summed E-state index contributed by atoms with van der Waals surface area (Å²) in [6.45, 7) is 1.90. The topological polar surface area (TPSA) is 83.7 Å². The lowest BCUT2D eigenvalue weighted by molar-refractivity contribution is -0.146. The number of likely N-dealkylation sites (tertiary alicyclic amines) is 1. The maximum absolute atomic E-state index is 12.6. The third-order valence-electron chi connectivity index (χ3n) is 4.71. The summed E-state index contributed by atoms with van der Waals surface area (Å²) in [5.74, 6) is -1.32. The zero-order chi connectivity index (χ0) is 19.1. The lowest BCUT2D eigenvalue weighted by Crippen LogP contribution is -2.46. The van der Waals surface area contributed by atoms with Gasteiger partial charge in [-0.1, -0.05) is 0 Å². The molecule has 1 amide bonds. The molecule has 0 aromatic carbocycles. The van der Waals surface area contributed by atoms with Crippen molar-refractivity contribution < 1.29 is 27.2 Å². The van der Waals surface area contributed by atoms with Crippen molar-refractivity contribution in [3.8, 4) is 0 Å². The highest BCUT2D eigenvalue weighted by atomic mass is 19.4. The van der Waals surface area contributed by atoms with E-state index in [0.717, 1.165) is 5.70 Å². The zero-order valence-corrected chi connectivity index (χ0v) is 14.1. The Balaban J connectivity index is 1.41. The van der Waals surface area contributed by atoms with Crippen molar-refractivity contribution in [2.45, 2.75) is 24.6 Å². The molecule has 0 unspecified atom stereocenters. The van der Waals surface area contributed by atoms with Crippen LogP contribution in [0.25, 0.3) is 0 Å². The maximum Gasteiger partial charge on any atom is 0.455 e. The van der Waals surface area contributed by atoms with Crippen molar-refractivity contribution in [3.05, 3.63) is 42.1 Å². The number of hydrogen-bond acceptors (Lipinski definition) is 7. The highest BCUT2D eigenvalue weighted by molar-refractivity contribution is 5.70. The van der Waals surface area contributed by atoms with E-state index in [-0.39, 0.29) is 12.1 Å². The predicted octanol–water partition coefficient (Wildman–Crippen LogP) is 2.39. The van der Waals surface area contributed by atoms with E-state index in [9.17, 15) is 18.0 Å². The number of ether oxygens (including phenoxy) is 1. The van der Waals surface area contributed by atoms with E-state index in [1.165, 1.54) is 11.1 Å². The Labute approximate surface area is 151 Å². The number of halogens is 3. The van der Waals surface area contributed by atoms with Crippen LogP contribution in [0.5, 0.6) is 0 Å². The minimum Gasteiger partial charge on any atom is -0.441 e. The first-order valence-electron chi connectivity index (χ1n) is 8.32. The first-order chi connectivity index (χ1) is 12.8. The molecule has 1 spiro atoms. The standard InChI is InChI=1S/C16H16F3N5O3/c17-16(18,19)12-21-13(27-22-12)24-6-1-2-11(3-7-24)23-8-4-15(5-9-23)10-20-14(25)26-15/h1-3,6-7H,4-5,8-10H2,(H,20,25). The number of aromatic nitrogens is 2. The molecule has 0 aliphatic carbocycles. The van der Waals surface area contributed by atoms with Gasteiger partial charge in [-0.3, -0.25) is 4.90 Å². The van der Waals surface area contributed by atoms with E-state index in [1.54, 1.807) is 18.4 Å². The van der Waals surface area contributed by atoms with Crippen LogP contribution in [0.2, 0.25) is 0 Å². The molecule has 0 radical (unpaired) electrons. The summed E-state index contributed by atoms with van der Waals surface area (Å²) in [7, 11) is 0.